The molecule has 28 heavy (non-hydrogen) atoms. The molecule has 2 atom stereocenters. The molecular weight excluding hydrogens is 356 g/mol. The van der Waals surface area contributed by atoms with Crippen molar-refractivity contribution in [2.24, 2.45) is 0 Å². The third-order valence-electron chi connectivity index (χ3n) is 5.28. The normalized spacial score (nSPS) is 20.6. The van der Waals surface area contributed by atoms with Gasteiger partial charge in [0.05, 0.1) is 7.11 Å². The van der Waals surface area contributed by atoms with E-state index in [4.69, 9.17) is 9.26 Å². The number of piperazine rings is 1. The highest BCUT2D eigenvalue weighted by molar-refractivity contribution is 5.93. The molecule has 0 N–H and O–H groups in total. The summed E-state index contributed by atoms with van der Waals surface area (Å²) in [4.78, 5) is 19.5. The van der Waals surface area contributed by atoms with Crippen LogP contribution in [0.4, 0.5) is 0 Å². The van der Waals surface area contributed by atoms with Gasteiger partial charge in [0.15, 0.2) is 11.5 Å². The maximum absolute atomic E-state index is 13.0. The lowest BCUT2D eigenvalue weighted by Gasteiger charge is -2.44. The maximum Gasteiger partial charge on any atom is 0.276 e. The number of hydrogen-bond acceptors (Lipinski definition) is 6. The molecule has 1 saturated heterocycles. The molecule has 1 aliphatic rings. The van der Waals surface area contributed by atoms with E-state index in [9.17, 15) is 4.79 Å². The lowest BCUT2D eigenvalue weighted by atomic mass is 10.1. The van der Waals surface area contributed by atoms with E-state index in [0.29, 0.717) is 36.6 Å². The third-order valence-corrected chi connectivity index (χ3v) is 5.28. The summed E-state index contributed by atoms with van der Waals surface area (Å²) in [5.74, 6) is 1.22. The van der Waals surface area contributed by atoms with Crippen LogP contribution in [0.3, 0.4) is 0 Å². The topological polar surface area (TPSA) is 62.1 Å². The number of ether oxygens (including phenoxy) is 1. The van der Waals surface area contributed by atoms with Crippen molar-refractivity contribution in [2.75, 3.05) is 47.4 Å². The minimum atomic E-state index is -0.0798. The molecule has 1 aromatic heterocycles. The molecule has 0 aliphatic carbocycles. The number of nitrogens with zero attached hydrogens (tertiary/aromatic N) is 4. The van der Waals surface area contributed by atoms with Gasteiger partial charge in [0.2, 0.25) is 0 Å². The molecule has 1 aromatic carbocycles. The van der Waals surface area contributed by atoms with Crippen molar-refractivity contribution in [2.45, 2.75) is 25.9 Å². The zero-order chi connectivity index (χ0) is 20.3. The Hall–Kier alpha value is -2.38. The molecule has 0 spiro atoms. The molecule has 2 unspecified atom stereocenters. The van der Waals surface area contributed by atoms with Crippen LogP contribution in [0.1, 0.15) is 24.3 Å². The van der Waals surface area contributed by atoms with E-state index in [1.807, 2.05) is 29.2 Å². The molecule has 2 heterocycles. The monoisotopic (exact) mass is 386 g/mol. The fraction of sp³-hybridized carbons (Fsp3) is 0.524. The van der Waals surface area contributed by atoms with Crippen LogP contribution in [0.15, 0.2) is 34.9 Å². The highest BCUT2D eigenvalue weighted by Crippen LogP contribution is 2.25. The summed E-state index contributed by atoms with van der Waals surface area (Å²) < 4.78 is 10.7. The van der Waals surface area contributed by atoms with Gasteiger partial charge in [0, 0.05) is 49.9 Å². The molecular formula is C21H30N4O3. The second-order valence-corrected chi connectivity index (χ2v) is 7.76. The van der Waals surface area contributed by atoms with Crippen LogP contribution in [-0.4, -0.2) is 85.2 Å². The van der Waals surface area contributed by atoms with Crippen LogP contribution in [-0.2, 0) is 0 Å². The summed E-state index contributed by atoms with van der Waals surface area (Å²) in [5.41, 5.74) is 1.18. The lowest BCUT2D eigenvalue weighted by Crippen LogP contribution is -2.59. The molecule has 1 fully saturated rings. The zero-order valence-electron chi connectivity index (χ0n) is 17.4. The Balaban J connectivity index is 1.69. The average molecular weight is 386 g/mol. The van der Waals surface area contributed by atoms with E-state index in [1.165, 1.54) is 0 Å². The van der Waals surface area contributed by atoms with Crippen LogP contribution in [0.25, 0.3) is 11.3 Å². The van der Waals surface area contributed by atoms with Crippen molar-refractivity contribution in [3.63, 3.8) is 0 Å². The first-order valence-electron chi connectivity index (χ1n) is 9.70. The highest BCUT2D eigenvalue weighted by Gasteiger charge is 2.33. The Morgan fingerprint density at radius 2 is 1.96 bits per heavy atom. The summed E-state index contributed by atoms with van der Waals surface area (Å²) in [6.07, 6.45) is 0. The number of hydrogen-bond donors (Lipinski definition) is 0. The van der Waals surface area contributed by atoms with Gasteiger partial charge < -0.3 is 19.1 Å². The smallest absolute Gasteiger partial charge is 0.276 e. The number of benzene rings is 1. The Morgan fingerprint density at radius 3 is 2.61 bits per heavy atom. The minimum Gasteiger partial charge on any atom is -0.497 e. The molecule has 0 bridgehead atoms. The highest BCUT2D eigenvalue weighted by atomic mass is 16.5. The van der Waals surface area contributed by atoms with E-state index in [0.717, 1.165) is 24.4 Å². The second-order valence-electron chi connectivity index (χ2n) is 7.76. The van der Waals surface area contributed by atoms with Crippen molar-refractivity contribution in [3.05, 3.63) is 36.0 Å². The van der Waals surface area contributed by atoms with Gasteiger partial charge in [-0.15, -0.1) is 0 Å². The van der Waals surface area contributed by atoms with Crippen molar-refractivity contribution in [3.8, 4) is 17.1 Å². The quantitative estimate of drug-likeness (QED) is 0.760. The van der Waals surface area contributed by atoms with E-state index < -0.39 is 0 Å². The molecule has 0 radical (unpaired) electrons. The number of methoxy groups -OCH3 is 1. The summed E-state index contributed by atoms with van der Waals surface area (Å²) in [6.45, 7) is 7.75. The number of rotatable bonds is 6. The van der Waals surface area contributed by atoms with Gasteiger partial charge in [-0.3, -0.25) is 9.69 Å². The van der Waals surface area contributed by atoms with E-state index >= 15 is 0 Å². The average Bonchev–Trinajstić information content (AvgIpc) is 3.16. The Bertz CT molecular complexity index is 792. The first-order valence-corrected chi connectivity index (χ1v) is 9.70. The fourth-order valence-corrected chi connectivity index (χ4v) is 3.73. The molecule has 2 aromatic rings. The summed E-state index contributed by atoms with van der Waals surface area (Å²) in [5, 5.41) is 4.02. The van der Waals surface area contributed by atoms with Gasteiger partial charge in [-0.2, -0.15) is 0 Å². The predicted molar refractivity (Wildman–Crippen MR) is 109 cm³/mol. The van der Waals surface area contributed by atoms with E-state index in [-0.39, 0.29) is 5.91 Å². The van der Waals surface area contributed by atoms with Crippen LogP contribution >= 0.6 is 0 Å². The maximum atomic E-state index is 13.0. The van der Waals surface area contributed by atoms with Gasteiger partial charge >= 0.3 is 0 Å². The van der Waals surface area contributed by atoms with E-state index in [2.05, 4.69) is 42.9 Å². The minimum absolute atomic E-state index is 0.0798. The summed E-state index contributed by atoms with van der Waals surface area (Å²) in [7, 11) is 5.79. The van der Waals surface area contributed by atoms with Crippen molar-refractivity contribution < 1.29 is 14.1 Å². The molecule has 3 rings (SSSR count). The Morgan fingerprint density at radius 1 is 1.25 bits per heavy atom. The molecule has 7 heteroatoms. The lowest BCUT2D eigenvalue weighted by molar-refractivity contribution is 0.0276. The first kappa shape index (κ1) is 20.4. The van der Waals surface area contributed by atoms with Gasteiger partial charge in [-0.1, -0.05) is 17.3 Å². The number of aromatic nitrogens is 1. The van der Waals surface area contributed by atoms with Crippen LogP contribution < -0.4 is 4.74 Å². The van der Waals surface area contributed by atoms with Crippen molar-refractivity contribution >= 4 is 5.91 Å². The van der Waals surface area contributed by atoms with Gasteiger partial charge in [0.25, 0.3) is 5.91 Å². The summed E-state index contributed by atoms with van der Waals surface area (Å²) in [6, 6.07) is 9.84. The molecule has 7 nitrogen and oxygen atoms in total. The number of amides is 1. The van der Waals surface area contributed by atoms with Crippen molar-refractivity contribution in [1.29, 1.82) is 0 Å². The Kier molecular flexibility index (Phi) is 6.36. The third kappa shape index (κ3) is 4.54. The zero-order valence-corrected chi connectivity index (χ0v) is 17.4. The SMILES string of the molecule is COc1cccc(-c2cc(C(=O)N3CC(C)N(CCN(C)C)C(C)C3)no2)c1. The fourth-order valence-electron chi connectivity index (χ4n) is 3.73. The molecule has 152 valence electrons. The number of carbonyl (C=O) groups is 1. The number of carbonyl (C=O) groups excluding carboxylic acids is 1. The molecule has 0 saturated carbocycles. The first-order chi connectivity index (χ1) is 13.4. The van der Waals surface area contributed by atoms with Crippen LogP contribution in [0, 0.1) is 0 Å². The van der Waals surface area contributed by atoms with Gasteiger partial charge in [0.1, 0.15) is 5.75 Å². The standard InChI is InChI=1S/C21H30N4O3/c1-15-13-24(14-16(2)25(15)10-9-23(3)4)21(26)19-12-20(28-22-19)17-7-6-8-18(11-17)27-5/h6-8,11-12,15-16H,9-10,13-14H2,1-5H3. The summed E-state index contributed by atoms with van der Waals surface area (Å²) >= 11 is 0. The Labute approximate surface area is 166 Å². The second kappa shape index (κ2) is 8.75. The van der Waals surface area contributed by atoms with Gasteiger partial charge in [-0.05, 0) is 40.1 Å². The number of likely N-dealkylation sites (N-methyl/N-ethyl adjacent to an activating group) is 1. The van der Waals surface area contributed by atoms with E-state index in [1.54, 1.807) is 13.2 Å². The largest absolute Gasteiger partial charge is 0.497 e. The van der Waals surface area contributed by atoms with Crippen LogP contribution in [0.2, 0.25) is 0 Å². The molecule has 1 amide bonds. The van der Waals surface area contributed by atoms with Crippen molar-refractivity contribution in [1.82, 2.24) is 19.9 Å². The predicted octanol–water partition coefficient (Wildman–Crippen LogP) is 2.45. The van der Waals surface area contributed by atoms with Gasteiger partial charge in [-0.25, -0.2) is 0 Å². The van der Waals surface area contributed by atoms with Crippen LogP contribution in [0.5, 0.6) is 5.75 Å². The molecule has 1 aliphatic heterocycles.